The number of pyridine rings is 1. The van der Waals surface area contributed by atoms with Gasteiger partial charge < -0.3 is 14.9 Å². The quantitative estimate of drug-likeness (QED) is 0.746. The Labute approximate surface area is 137 Å². The Hall–Kier alpha value is -2.09. The van der Waals surface area contributed by atoms with Crippen molar-refractivity contribution in [3.63, 3.8) is 0 Å². The zero-order valence-electron chi connectivity index (χ0n) is 13.3. The Morgan fingerprint density at radius 1 is 1.43 bits per heavy atom. The van der Waals surface area contributed by atoms with E-state index < -0.39 is 5.97 Å². The van der Waals surface area contributed by atoms with Crippen molar-refractivity contribution in [2.45, 2.75) is 26.7 Å². The average molecular weight is 337 g/mol. The van der Waals surface area contributed by atoms with Crippen LogP contribution in [0.3, 0.4) is 0 Å². The first kappa shape index (κ1) is 17.3. The molecule has 2 N–H and O–H groups in total. The molecule has 124 valence electrons. The number of carboxylic acid groups (broad SMARTS) is 1. The number of hydrogen-bond donors (Lipinski definition) is 2. The summed E-state index contributed by atoms with van der Waals surface area (Å²) in [5, 5.41) is 15.9. The average Bonchev–Trinajstić information content (AvgIpc) is 2.87. The van der Waals surface area contributed by atoms with Crippen molar-refractivity contribution in [1.29, 1.82) is 0 Å². The lowest BCUT2D eigenvalue weighted by Gasteiger charge is -2.09. The van der Waals surface area contributed by atoms with Gasteiger partial charge in [0.05, 0.1) is 22.4 Å². The summed E-state index contributed by atoms with van der Waals surface area (Å²) in [5.41, 5.74) is 2.23. The van der Waals surface area contributed by atoms with Gasteiger partial charge in [0.1, 0.15) is 0 Å². The van der Waals surface area contributed by atoms with Gasteiger partial charge in [0.25, 0.3) is 11.6 Å². The molecule has 1 amide bonds. The third kappa shape index (κ3) is 4.22. The summed E-state index contributed by atoms with van der Waals surface area (Å²) in [6.07, 6.45) is 0. The number of carboxylic acids is 1. The molecule has 0 bridgehead atoms. The summed E-state index contributed by atoms with van der Waals surface area (Å²) in [6.45, 7) is 6.13. The van der Waals surface area contributed by atoms with Crippen molar-refractivity contribution in [2.75, 3.05) is 18.1 Å². The minimum Gasteiger partial charge on any atom is -0.481 e. The van der Waals surface area contributed by atoms with E-state index in [4.69, 9.17) is 9.63 Å². The fourth-order valence-electron chi connectivity index (χ4n) is 2.08. The molecular formula is C15H19N3O4S. The van der Waals surface area contributed by atoms with Gasteiger partial charge in [-0.15, -0.1) is 11.8 Å². The van der Waals surface area contributed by atoms with E-state index in [0.29, 0.717) is 34.7 Å². The summed E-state index contributed by atoms with van der Waals surface area (Å²) >= 11 is 1.26. The first-order chi connectivity index (χ1) is 10.9. The standard InChI is InChI=1S/C15H19N3O4S/c1-8(2)11-6-10(13-9(3)18-22-15(13)17-11)14(21)16-4-5-23-7-12(19)20/h6,8H,4-5,7H2,1-3H3,(H,16,21)(H,19,20). The van der Waals surface area contributed by atoms with E-state index in [0.717, 1.165) is 5.69 Å². The second-order valence-corrected chi connectivity index (χ2v) is 6.50. The monoisotopic (exact) mass is 337 g/mol. The number of fused-ring (bicyclic) bond motifs is 1. The Morgan fingerprint density at radius 2 is 2.17 bits per heavy atom. The number of amides is 1. The largest absolute Gasteiger partial charge is 0.481 e. The molecule has 23 heavy (non-hydrogen) atoms. The van der Waals surface area contributed by atoms with Crippen molar-refractivity contribution in [3.05, 3.63) is 23.0 Å². The highest BCUT2D eigenvalue weighted by Crippen LogP contribution is 2.24. The summed E-state index contributed by atoms with van der Waals surface area (Å²) in [5.74, 6) is -0.383. The molecule has 0 radical (unpaired) electrons. The second-order valence-electron chi connectivity index (χ2n) is 5.40. The van der Waals surface area contributed by atoms with E-state index in [-0.39, 0.29) is 17.6 Å². The molecule has 0 aliphatic rings. The predicted molar refractivity (Wildman–Crippen MR) is 87.9 cm³/mol. The van der Waals surface area contributed by atoms with Gasteiger partial charge in [-0.25, -0.2) is 4.98 Å². The van der Waals surface area contributed by atoms with Gasteiger partial charge in [-0.2, -0.15) is 0 Å². The van der Waals surface area contributed by atoms with Crippen LogP contribution < -0.4 is 5.32 Å². The number of nitrogens with zero attached hydrogens (tertiary/aromatic N) is 2. The van der Waals surface area contributed by atoms with E-state index >= 15 is 0 Å². The highest BCUT2D eigenvalue weighted by molar-refractivity contribution is 7.99. The molecule has 2 aromatic heterocycles. The van der Waals surface area contributed by atoms with E-state index in [1.165, 1.54) is 11.8 Å². The van der Waals surface area contributed by atoms with Gasteiger partial charge in [-0.1, -0.05) is 19.0 Å². The minimum absolute atomic E-state index is 0.0254. The maximum atomic E-state index is 12.4. The number of nitrogens with one attached hydrogen (secondary N) is 1. The first-order valence-corrected chi connectivity index (χ1v) is 8.40. The summed E-state index contributed by atoms with van der Waals surface area (Å²) in [7, 11) is 0. The van der Waals surface area contributed by atoms with E-state index in [2.05, 4.69) is 15.5 Å². The van der Waals surface area contributed by atoms with E-state index in [1.807, 2.05) is 13.8 Å². The molecule has 0 atom stereocenters. The number of carbonyl (C=O) groups excluding carboxylic acids is 1. The topological polar surface area (TPSA) is 105 Å². The van der Waals surface area contributed by atoms with Crippen LogP contribution in [0.15, 0.2) is 10.6 Å². The summed E-state index contributed by atoms with van der Waals surface area (Å²) in [4.78, 5) is 27.3. The van der Waals surface area contributed by atoms with Gasteiger partial charge >= 0.3 is 5.97 Å². The summed E-state index contributed by atoms with van der Waals surface area (Å²) < 4.78 is 5.19. The zero-order chi connectivity index (χ0) is 17.0. The van der Waals surface area contributed by atoms with Crippen molar-refractivity contribution >= 4 is 34.7 Å². The molecule has 2 heterocycles. The molecule has 2 aromatic rings. The molecule has 0 aliphatic carbocycles. The predicted octanol–water partition coefficient (Wildman–Crippen LogP) is 2.20. The SMILES string of the molecule is Cc1noc2nc(C(C)C)cc(C(=O)NCCSCC(=O)O)c12. The Balaban J connectivity index is 2.15. The summed E-state index contributed by atoms with van der Waals surface area (Å²) in [6, 6.07) is 1.76. The molecule has 7 nitrogen and oxygen atoms in total. The second kappa shape index (κ2) is 7.45. The number of aliphatic carboxylic acids is 1. The highest BCUT2D eigenvalue weighted by Gasteiger charge is 2.19. The molecule has 8 heteroatoms. The third-order valence-corrected chi connectivity index (χ3v) is 4.17. The molecule has 0 unspecified atom stereocenters. The van der Waals surface area contributed by atoms with Crippen LogP contribution in [-0.4, -0.2) is 45.2 Å². The zero-order valence-corrected chi connectivity index (χ0v) is 14.1. The normalized spacial score (nSPS) is 11.1. The molecule has 0 fully saturated rings. The number of hydrogen-bond acceptors (Lipinski definition) is 6. The maximum Gasteiger partial charge on any atom is 0.313 e. The van der Waals surface area contributed by atoms with Crippen LogP contribution in [0, 0.1) is 6.92 Å². The lowest BCUT2D eigenvalue weighted by atomic mass is 10.0. The fourth-order valence-corrected chi connectivity index (χ4v) is 2.65. The molecule has 2 rings (SSSR count). The van der Waals surface area contributed by atoms with Gasteiger partial charge in [-0.3, -0.25) is 9.59 Å². The smallest absolute Gasteiger partial charge is 0.313 e. The Bertz CT molecular complexity index is 727. The van der Waals surface area contributed by atoms with Gasteiger partial charge in [0.2, 0.25) is 0 Å². The molecule has 0 saturated heterocycles. The van der Waals surface area contributed by atoms with Crippen molar-refractivity contribution in [3.8, 4) is 0 Å². The van der Waals surface area contributed by atoms with E-state index in [9.17, 15) is 9.59 Å². The minimum atomic E-state index is -0.862. The van der Waals surface area contributed by atoms with Gasteiger partial charge in [0, 0.05) is 18.0 Å². The maximum absolute atomic E-state index is 12.4. The fraction of sp³-hybridized carbons (Fsp3) is 0.467. The number of carbonyl (C=O) groups is 2. The molecule has 0 saturated carbocycles. The van der Waals surface area contributed by atoms with Crippen LogP contribution >= 0.6 is 11.8 Å². The van der Waals surface area contributed by atoms with Gasteiger partial charge in [0.15, 0.2) is 0 Å². The van der Waals surface area contributed by atoms with Crippen LogP contribution in [0.5, 0.6) is 0 Å². The number of rotatable bonds is 7. The van der Waals surface area contributed by atoms with Gasteiger partial charge in [-0.05, 0) is 18.9 Å². The number of aromatic nitrogens is 2. The van der Waals surface area contributed by atoms with Crippen LogP contribution in [0.1, 0.15) is 41.5 Å². The lowest BCUT2D eigenvalue weighted by Crippen LogP contribution is -2.26. The van der Waals surface area contributed by atoms with Crippen LogP contribution in [0.4, 0.5) is 0 Å². The van der Waals surface area contributed by atoms with Crippen molar-refractivity contribution in [2.24, 2.45) is 0 Å². The van der Waals surface area contributed by atoms with Crippen molar-refractivity contribution < 1.29 is 19.2 Å². The Morgan fingerprint density at radius 3 is 2.83 bits per heavy atom. The molecule has 0 spiro atoms. The Kier molecular flexibility index (Phi) is 5.59. The van der Waals surface area contributed by atoms with Crippen molar-refractivity contribution in [1.82, 2.24) is 15.5 Å². The van der Waals surface area contributed by atoms with Crippen LogP contribution in [-0.2, 0) is 4.79 Å². The highest BCUT2D eigenvalue weighted by atomic mass is 32.2. The van der Waals surface area contributed by atoms with E-state index in [1.54, 1.807) is 13.0 Å². The molecular weight excluding hydrogens is 318 g/mol. The number of aryl methyl sites for hydroxylation is 1. The van der Waals surface area contributed by atoms with Crippen LogP contribution in [0.2, 0.25) is 0 Å². The molecule has 0 aliphatic heterocycles. The number of thioether (sulfide) groups is 1. The third-order valence-electron chi connectivity index (χ3n) is 3.23. The lowest BCUT2D eigenvalue weighted by molar-refractivity contribution is -0.133. The molecule has 0 aromatic carbocycles. The first-order valence-electron chi connectivity index (χ1n) is 7.24. The van der Waals surface area contributed by atoms with Crippen LogP contribution in [0.25, 0.3) is 11.1 Å².